The monoisotopic (exact) mass is 164 g/mol. The van der Waals surface area contributed by atoms with Crippen LogP contribution in [0.25, 0.3) is 0 Å². The second-order valence-electron chi connectivity index (χ2n) is 1.65. The van der Waals surface area contributed by atoms with Crippen molar-refractivity contribution in [3.8, 4) is 0 Å². The van der Waals surface area contributed by atoms with Gasteiger partial charge in [0.05, 0.1) is 23.1 Å². The Bertz CT molecular complexity index is 166. The van der Waals surface area contributed by atoms with Gasteiger partial charge in [-0.2, -0.15) is 5.10 Å². The van der Waals surface area contributed by atoms with Gasteiger partial charge in [-0.1, -0.05) is 0 Å². The Labute approximate surface area is 63.2 Å². The molecule has 0 bridgehead atoms. The average Bonchev–Trinajstić information content (AvgIpc) is 2.34. The lowest BCUT2D eigenvalue weighted by Crippen LogP contribution is -1.74. The van der Waals surface area contributed by atoms with Gasteiger partial charge >= 0.3 is 0 Å². The van der Waals surface area contributed by atoms with Crippen molar-refractivity contribution in [2.45, 2.75) is 11.8 Å². The molecule has 0 saturated carbocycles. The highest BCUT2D eigenvalue weighted by Gasteiger charge is 1.95. The molecule has 2 nitrogen and oxygen atoms in total. The number of rotatable bonds is 2. The van der Waals surface area contributed by atoms with Gasteiger partial charge in [-0.05, 0) is 6.07 Å². The molecule has 0 saturated heterocycles. The number of nitrogens with one attached hydrogen (secondary N) is 1. The molecular formula is C5H6Cl2N2. The first-order valence-electron chi connectivity index (χ1n) is 2.52. The second kappa shape index (κ2) is 3.08. The lowest BCUT2D eigenvalue weighted by molar-refractivity contribution is 1.00. The zero-order valence-electron chi connectivity index (χ0n) is 4.69. The van der Waals surface area contributed by atoms with Gasteiger partial charge in [0.15, 0.2) is 0 Å². The number of hydrogen-bond donors (Lipinski definition) is 1. The number of halogens is 2. The van der Waals surface area contributed by atoms with Crippen LogP contribution in [0.5, 0.6) is 0 Å². The minimum atomic E-state index is 0.438. The standard InChI is InChI=1S/C5H6Cl2N2/c6-2-4-1-5(3-7)9-8-4/h1H,2-3H2,(H,8,9). The minimum Gasteiger partial charge on any atom is -0.281 e. The normalized spacial score (nSPS) is 10.0. The van der Waals surface area contributed by atoms with Crippen molar-refractivity contribution < 1.29 is 0 Å². The van der Waals surface area contributed by atoms with Crippen molar-refractivity contribution in [3.63, 3.8) is 0 Å². The topological polar surface area (TPSA) is 28.7 Å². The molecule has 0 amide bonds. The van der Waals surface area contributed by atoms with E-state index in [-0.39, 0.29) is 0 Å². The molecule has 0 aliphatic heterocycles. The van der Waals surface area contributed by atoms with E-state index in [1.54, 1.807) is 0 Å². The molecule has 0 unspecified atom stereocenters. The highest BCUT2D eigenvalue weighted by molar-refractivity contribution is 6.17. The quantitative estimate of drug-likeness (QED) is 0.666. The van der Waals surface area contributed by atoms with Crippen LogP contribution in [-0.2, 0) is 11.8 Å². The van der Waals surface area contributed by atoms with Crippen LogP contribution < -0.4 is 0 Å². The molecule has 0 fully saturated rings. The molecule has 1 aromatic heterocycles. The molecule has 0 aliphatic rings. The van der Waals surface area contributed by atoms with E-state index in [1.165, 1.54) is 0 Å². The Morgan fingerprint density at radius 2 is 2.22 bits per heavy atom. The maximum atomic E-state index is 5.48. The molecule has 1 rings (SSSR count). The third-order valence-electron chi connectivity index (χ3n) is 0.965. The van der Waals surface area contributed by atoms with Crippen LogP contribution in [0.15, 0.2) is 6.07 Å². The largest absolute Gasteiger partial charge is 0.281 e. The van der Waals surface area contributed by atoms with Gasteiger partial charge in [-0.15, -0.1) is 23.2 Å². The maximum Gasteiger partial charge on any atom is 0.0773 e. The second-order valence-corrected chi connectivity index (χ2v) is 2.19. The van der Waals surface area contributed by atoms with E-state index in [0.717, 1.165) is 11.4 Å². The lowest BCUT2D eigenvalue weighted by Gasteiger charge is -1.78. The Balaban J connectivity index is 2.74. The van der Waals surface area contributed by atoms with E-state index in [0.29, 0.717) is 11.8 Å². The van der Waals surface area contributed by atoms with Crippen molar-refractivity contribution >= 4 is 23.2 Å². The minimum absolute atomic E-state index is 0.438. The van der Waals surface area contributed by atoms with E-state index < -0.39 is 0 Å². The number of aromatic amines is 1. The summed E-state index contributed by atoms with van der Waals surface area (Å²) in [5.74, 6) is 0.900. The van der Waals surface area contributed by atoms with Gasteiger partial charge < -0.3 is 0 Å². The Morgan fingerprint density at radius 1 is 1.44 bits per heavy atom. The molecule has 0 spiro atoms. The average molecular weight is 165 g/mol. The first-order chi connectivity index (χ1) is 4.36. The fraction of sp³-hybridized carbons (Fsp3) is 0.400. The summed E-state index contributed by atoms with van der Waals surface area (Å²) in [6, 6.07) is 1.85. The molecule has 0 atom stereocenters. The van der Waals surface area contributed by atoms with Crippen LogP contribution in [0.2, 0.25) is 0 Å². The summed E-state index contributed by atoms with van der Waals surface area (Å²) >= 11 is 11.0. The third kappa shape index (κ3) is 1.60. The van der Waals surface area contributed by atoms with Gasteiger partial charge in [0.25, 0.3) is 0 Å². The number of hydrogen-bond acceptors (Lipinski definition) is 1. The summed E-state index contributed by atoms with van der Waals surface area (Å²) in [6.45, 7) is 0. The summed E-state index contributed by atoms with van der Waals surface area (Å²) < 4.78 is 0. The Morgan fingerprint density at radius 3 is 2.56 bits per heavy atom. The van der Waals surface area contributed by atoms with Gasteiger partial charge in [0.2, 0.25) is 0 Å². The molecule has 50 valence electrons. The summed E-state index contributed by atoms with van der Waals surface area (Å²) in [6.07, 6.45) is 0. The first-order valence-corrected chi connectivity index (χ1v) is 3.59. The van der Waals surface area contributed by atoms with Gasteiger partial charge in [0.1, 0.15) is 0 Å². The lowest BCUT2D eigenvalue weighted by atomic mass is 10.4. The van der Waals surface area contributed by atoms with Crippen molar-refractivity contribution in [2.75, 3.05) is 0 Å². The fourth-order valence-electron chi connectivity index (χ4n) is 0.546. The van der Waals surface area contributed by atoms with Crippen LogP contribution in [0.1, 0.15) is 11.4 Å². The van der Waals surface area contributed by atoms with Crippen LogP contribution in [0.3, 0.4) is 0 Å². The third-order valence-corrected chi connectivity index (χ3v) is 1.53. The smallest absolute Gasteiger partial charge is 0.0773 e. The fourth-order valence-corrected chi connectivity index (χ4v) is 0.820. The number of nitrogens with zero attached hydrogens (tertiary/aromatic N) is 1. The Kier molecular flexibility index (Phi) is 2.37. The van der Waals surface area contributed by atoms with E-state index >= 15 is 0 Å². The highest BCUT2D eigenvalue weighted by atomic mass is 35.5. The summed E-state index contributed by atoms with van der Waals surface area (Å²) in [4.78, 5) is 0. The molecule has 0 radical (unpaired) electrons. The maximum absolute atomic E-state index is 5.48. The molecule has 1 aromatic rings. The van der Waals surface area contributed by atoms with Crippen LogP contribution >= 0.6 is 23.2 Å². The number of alkyl halides is 2. The van der Waals surface area contributed by atoms with E-state index in [2.05, 4.69) is 10.2 Å². The predicted molar refractivity (Wildman–Crippen MR) is 37.7 cm³/mol. The zero-order chi connectivity index (χ0) is 6.69. The molecule has 0 aromatic carbocycles. The van der Waals surface area contributed by atoms with Crippen LogP contribution in [0, 0.1) is 0 Å². The molecule has 1 N–H and O–H groups in total. The van der Waals surface area contributed by atoms with E-state index in [1.807, 2.05) is 6.07 Å². The van der Waals surface area contributed by atoms with Gasteiger partial charge in [0, 0.05) is 0 Å². The molecule has 4 heteroatoms. The molecule has 9 heavy (non-hydrogen) atoms. The van der Waals surface area contributed by atoms with E-state index in [4.69, 9.17) is 23.2 Å². The van der Waals surface area contributed by atoms with Gasteiger partial charge in [-0.3, -0.25) is 5.10 Å². The summed E-state index contributed by atoms with van der Waals surface area (Å²) in [7, 11) is 0. The number of H-pyrrole nitrogens is 1. The highest BCUT2D eigenvalue weighted by Crippen LogP contribution is 2.04. The van der Waals surface area contributed by atoms with E-state index in [9.17, 15) is 0 Å². The molecule has 0 aliphatic carbocycles. The Hall–Kier alpha value is -0.210. The van der Waals surface area contributed by atoms with Crippen molar-refractivity contribution in [1.82, 2.24) is 10.2 Å². The predicted octanol–water partition coefficient (Wildman–Crippen LogP) is 1.89. The first kappa shape index (κ1) is 6.90. The number of aromatic nitrogens is 2. The zero-order valence-corrected chi connectivity index (χ0v) is 6.21. The summed E-state index contributed by atoms with van der Waals surface area (Å²) in [5.41, 5.74) is 1.75. The molecular weight excluding hydrogens is 159 g/mol. The SMILES string of the molecule is ClCc1cc(CCl)[nH]n1. The van der Waals surface area contributed by atoms with Crippen molar-refractivity contribution in [1.29, 1.82) is 0 Å². The summed E-state index contributed by atoms with van der Waals surface area (Å²) in [5, 5.41) is 6.60. The van der Waals surface area contributed by atoms with Crippen molar-refractivity contribution in [3.05, 3.63) is 17.5 Å². The van der Waals surface area contributed by atoms with Crippen molar-refractivity contribution in [2.24, 2.45) is 0 Å². The van der Waals surface area contributed by atoms with Crippen LogP contribution in [0.4, 0.5) is 0 Å². The van der Waals surface area contributed by atoms with Gasteiger partial charge in [-0.25, -0.2) is 0 Å². The van der Waals surface area contributed by atoms with Crippen LogP contribution in [-0.4, -0.2) is 10.2 Å². The molecule has 1 heterocycles.